The number of benzene rings is 2. The van der Waals surface area contributed by atoms with Gasteiger partial charge in [-0.1, -0.05) is 76.2 Å². The number of alkyl carbamates (subject to hydrolysis) is 1. The Morgan fingerprint density at radius 2 is 1.29 bits per heavy atom. The van der Waals surface area contributed by atoms with Crippen LogP contribution >= 0.6 is 22.7 Å². The van der Waals surface area contributed by atoms with E-state index in [4.69, 9.17) is 4.74 Å². The zero-order chi connectivity index (χ0) is 32.3. The number of amides is 2. The fraction of sp³-hybridized carbons (Fsp3) is 0.429. The zero-order valence-corrected chi connectivity index (χ0v) is 28.8. The van der Waals surface area contributed by atoms with Gasteiger partial charge in [-0.05, 0) is 61.0 Å². The molecular weight excluding hydrogens is 603 g/mol. The van der Waals surface area contributed by atoms with E-state index < -0.39 is 12.1 Å². The van der Waals surface area contributed by atoms with E-state index in [0.717, 1.165) is 57.5 Å². The van der Waals surface area contributed by atoms with Gasteiger partial charge in [-0.25, -0.2) is 14.8 Å². The Morgan fingerprint density at radius 1 is 0.800 bits per heavy atom. The average Bonchev–Trinajstić information content (AvgIpc) is 3.70. The third-order valence-electron chi connectivity index (χ3n) is 7.40. The van der Waals surface area contributed by atoms with Gasteiger partial charge in [0.1, 0.15) is 16.1 Å². The van der Waals surface area contributed by atoms with Crippen molar-refractivity contribution in [2.75, 3.05) is 27.2 Å². The maximum absolute atomic E-state index is 13.5. The Kier molecular flexibility index (Phi) is 12.7. The molecule has 1 atom stereocenters. The first-order chi connectivity index (χ1) is 21.7. The SMILES string of the molecule is CCCN(C)Cc1ncc(-c2ccc(-c3ccc(-c4cnc(CN(CCC)C(=O)[C@H](CC(C)C)NC(=O)OC)s4)cc3)cc2)s1. The second kappa shape index (κ2) is 16.6. The lowest BCUT2D eigenvalue weighted by Gasteiger charge is -2.27. The molecule has 0 unspecified atom stereocenters. The number of ether oxygens (including phenoxy) is 1. The maximum Gasteiger partial charge on any atom is 0.407 e. The molecule has 45 heavy (non-hydrogen) atoms. The molecule has 0 fully saturated rings. The van der Waals surface area contributed by atoms with E-state index in [9.17, 15) is 9.59 Å². The van der Waals surface area contributed by atoms with Crippen LogP contribution in [0.3, 0.4) is 0 Å². The highest BCUT2D eigenvalue weighted by Crippen LogP contribution is 2.32. The monoisotopic (exact) mass is 647 g/mol. The molecule has 0 aliphatic carbocycles. The summed E-state index contributed by atoms with van der Waals surface area (Å²) in [7, 11) is 3.45. The van der Waals surface area contributed by atoms with Crippen molar-refractivity contribution >= 4 is 34.7 Å². The summed E-state index contributed by atoms with van der Waals surface area (Å²) in [6.45, 7) is 11.2. The van der Waals surface area contributed by atoms with Gasteiger partial charge in [0, 0.05) is 18.9 Å². The first-order valence-electron chi connectivity index (χ1n) is 15.6. The Bertz CT molecular complexity index is 1510. The number of nitrogens with one attached hydrogen (secondary N) is 1. The molecule has 4 rings (SSSR count). The molecule has 0 spiro atoms. The van der Waals surface area contributed by atoms with Crippen molar-refractivity contribution in [3.05, 3.63) is 70.9 Å². The van der Waals surface area contributed by atoms with Gasteiger partial charge in [0.15, 0.2) is 0 Å². The van der Waals surface area contributed by atoms with E-state index in [1.807, 2.05) is 33.2 Å². The number of carbonyl (C=O) groups is 2. The third kappa shape index (κ3) is 9.69. The van der Waals surface area contributed by atoms with E-state index in [0.29, 0.717) is 19.5 Å². The number of methoxy groups -OCH3 is 1. The number of hydrogen-bond acceptors (Lipinski definition) is 8. The van der Waals surface area contributed by atoms with E-state index in [-0.39, 0.29) is 11.8 Å². The molecule has 0 saturated heterocycles. The fourth-order valence-corrected chi connectivity index (χ4v) is 7.14. The summed E-state index contributed by atoms with van der Waals surface area (Å²) in [6.07, 6.45) is 5.74. The molecular formula is C35H45N5O3S2. The number of rotatable bonds is 15. The number of carbonyl (C=O) groups excluding carboxylic acids is 2. The van der Waals surface area contributed by atoms with Crippen LogP contribution in [0.25, 0.3) is 32.0 Å². The molecule has 1 N–H and O–H groups in total. The number of thiazole rings is 2. The molecule has 0 radical (unpaired) electrons. The fourth-order valence-electron chi connectivity index (χ4n) is 5.19. The second-order valence-electron chi connectivity index (χ2n) is 11.7. The Labute approximate surface area is 275 Å². The first-order valence-corrected chi connectivity index (χ1v) is 17.3. The molecule has 10 heteroatoms. The average molecular weight is 648 g/mol. The van der Waals surface area contributed by atoms with Gasteiger partial charge in [-0.15, -0.1) is 22.7 Å². The lowest BCUT2D eigenvalue weighted by Crippen LogP contribution is -2.49. The van der Waals surface area contributed by atoms with Crippen LogP contribution in [0.15, 0.2) is 60.9 Å². The normalized spacial score (nSPS) is 12.0. The van der Waals surface area contributed by atoms with Gasteiger partial charge < -0.3 is 15.0 Å². The van der Waals surface area contributed by atoms with Gasteiger partial charge in [0.25, 0.3) is 0 Å². The summed E-state index contributed by atoms with van der Waals surface area (Å²) in [4.78, 5) is 41.0. The van der Waals surface area contributed by atoms with Gasteiger partial charge >= 0.3 is 6.09 Å². The van der Waals surface area contributed by atoms with Crippen molar-refractivity contribution in [3.63, 3.8) is 0 Å². The molecule has 2 aromatic carbocycles. The van der Waals surface area contributed by atoms with Crippen molar-refractivity contribution in [2.45, 2.75) is 66.1 Å². The summed E-state index contributed by atoms with van der Waals surface area (Å²) < 4.78 is 4.77. The summed E-state index contributed by atoms with van der Waals surface area (Å²) in [5, 5.41) is 4.72. The van der Waals surface area contributed by atoms with Crippen LogP contribution in [-0.4, -0.2) is 65.1 Å². The van der Waals surface area contributed by atoms with Crippen molar-refractivity contribution in [1.29, 1.82) is 0 Å². The van der Waals surface area contributed by atoms with Crippen molar-refractivity contribution in [1.82, 2.24) is 25.1 Å². The zero-order valence-electron chi connectivity index (χ0n) is 27.2. The molecule has 0 aliphatic rings. The van der Waals surface area contributed by atoms with Crippen LogP contribution in [0.4, 0.5) is 4.79 Å². The predicted octanol–water partition coefficient (Wildman–Crippen LogP) is 7.95. The van der Waals surface area contributed by atoms with E-state index >= 15 is 0 Å². The minimum atomic E-state index is -0.637. The maximum atomic E-state index is 13.5. The topological polar surface area (TPSA) is 87.7 Å². The van der Waals surface area contributed by atoms with Crippen molar-refractivity contribution < 1.29 is 14.3 Å². The quantitative estimate of drug-likeness (QED) is 0.141. The molecule has 8 nitrogen and oxygen atoms in total. The molecule has 0 bridgehead atoms. The number of hydrogen-bond donors (Lipinski definition) is 1. The lowest BCUT2D eigenvalue weighted by molar-refractivity contribution is -0.134. The van der Waals surface area contributed by atoms with Crippen LogP contribution in [0.1, 0.15) is 57.0 Å². The van der Waals surface area contributed by atoms with Crippen molar-refractivity contribution in [2.24, 2.45) is 5.92 Å². The molecule has 2 amide bonds. The lowest BCUT2D eigenvalue weighted by atomic mass is 10.0. The summed E-state index contributed by atoms with van der Waals surface area (Å²) in [5.41, 5.74) is 4.58. The van der Waals surface area contributed by atoms with Crippen LogP contribution in [0.2, 0.25) is 0 Å². The molecule has 0 aliphatic heterocycles. The first kappa shape index (κ1) is 34.3. The summed E-state index contributed by atoms with van der Waals surface area (Å²) >= 11 is 3.34. The Morgan fingerprint density at radius 3 is 1.76 bits per heavy atom. The second-order valence-corrected chi connectivity index (χ2v) is 13.9. The highest BCUT2D eigenvalue weighted by atomic mass is 32.1. The third-order valence-corrected chi connectivity index (χ3v) is 9.47. The van der Waals surface area contributed by atoms with Gasteiger partial charge in [0.2, 0.25) is 5.91 Å². The highest BCUT2D eigenvalue weighted by Gasteiger charge is 2.27. The molecule has 2 aromatic heterocycles. The molecule has 2 heterocycles. The van der Waals surface area contributed by atoms with Gasteiger partial charge in [0.05, 0.1) is 30.0 Å². The van der Waals surface area contributed by atoms with E-state index in [1.54, 1.807) is 27.6 Å². The Hall–Kier alpha value is -3.60. The minimum absolute atomic E-state index is 0.113. The minimum Gasteiger partial charge on any atom is -0.453 e. The van der Waals surface area contributed by atoms with Gasteiger partial charge in [-0.3, -0.25) is 9.69 Å². The molecule has 4 aromatic rings. The van der Waals surface area contributed by atoms with Crippen LogP contribution in [0.5, 0.6) is 0 Å². The highest BCUT2D eigenvalue weighted by molar-refractivity contribution is 7.15. The van der Waals surface area contributed by atoms with Gasteiger partial charge in [-0.2, -0.15) is 0 Å². The molecule has 240 valence electrons. The number of aromatic nitrogens is 2. The largest absolute Gasteiger partial charge is 0.453 e. The Balaban J connectivity index is 1.41. The van der Waals surface area contributed by atoms with Crippen LogP contribution < -0.4 is 5.32 Å². The predicted molar refractivity (Wildman–Crippen MR) is 185 cm³/mol. The summed E-state index contributed by atoms with van der Waals surface area (Å²) in [6, 6.07) is 16.6. The molecule has 0 saturated carbocycles. The van der Waals surface area contributed by atoms with Crippen LogP contribution in [-0.2, 0) is 22.6 Å². The van der Waals surface area contributed by atoms with E-state index in [2.05, 4.69) is 82.7 Å². The van der Waals surface area contributed by atoms with Crippen LogP contribution in [0, 0.1) is 5.92 Å². The summed E-state index contributed by atoms with van der Waals surface area (Å²) in [5.74, 6) is 0.125. The smallest absolute Gasteiger partial charge is 0.407 e. The van der Waals surface area contributed by atoms with E-state index in [1.165, 1.54) is 17.6 Å². The number of nitrogens with zero attached hydrogens (tertiary/aromatic N) is 4. The van der Waals surface area contributed by atoms with Crippen molar-refractivity contribution in [3.8, 4) is 32.0 Å². The standard InChI is InChI=1S/C35H45N5O3S2/c1-7-17-39(5)22-32-36-20-30(44-32)27-13-9-25(10-14-27)26-11-15-28(16-12-26)31-21-37-33(45-31)23-40(18-8-2)34(41)29(19-24(3)4)38-35(42)43-6/h9-16,20-21,24,29H,7-8,17-19,22-23H2,1-6H3,(H,38,42)/t29-/m0/s1.